The zero-order valence-corrected chi connectivity index (χ0v) is 13.3. The summed E-state index contributed by atoms with van der Waals surface area (Å²) in [5.74, 6) is -1.12. The lowest BCUT2D eigenvalue weighted by Crippen LogP contribution is -2.49. The zero-order chi connectivity index (χ0) is 16.3. The van der Waals surface area contributed by atoms with E-state index in [1.165, 1.54) is 0 Å². The number of carbonyl (C=O) groups is 2. The number of aromatic nitrogens is 1. The molecule has 0 bridgehead atoms. The highest BCUT2D eigenvalue weighted by Gasteiger charge is 2.31. The largest absolute Gasteiger partial charge is 0.481 e. The SMILES string of the molecule is Cc1ccc(CNC(=O)N2CC(C)CC(C(=O)O)C2)nc1C. The summed E-state index contributed by atoms with van der Waals surface area (Å²) < 4.78 is 0. The van der Waals surface area contributed by atoms with Gasteiger partial charge in [-0.15, -0.1) is 0 Å². The molecule has 2 heterocycles. The molecule has 6 nitrogen and oxygen atoms in total. The van der Waals surface area contributed by atoms with Crippen molar-refractivity contribution in [2.45, 2.75) is 33.7 Å². The van der Waals surface area contributed by atoms with Gasteiger partial charge in [-0.25, -0.2) is 4.79 Å². The smallest absolute Gasteiger partial charge is 0.317 e. The second-order valence-corrected chi connectivity index (χ2v) is 6.14. The van der Waals surface area contributed by atoms with Gasteiger partial charge in [-0.3, -0.25) is 9.78 Å². The first-order valence-corrected chi connectivity index (χ1v) is 7.55. The molecule has 0 aromatic carbocycles. The van der Waals surface area contributed by atoms with Crippen LogP contribution in [0.1, 0.15) is 30.3 Å². The normalized spacial score (nSPS) is 21.5. The molecule has 1 aliphatic heterocycles. The maximum Gasteiger partial charge on any atom is 0.317 e. The lowest BCUT2D eigenvalue weighted by molar-refractivity contribution is -0.143. The Kier molecular flexibility index (Phi) is 5.00. The minimum atomic E-state index is -0.833. The molecule has 6 heteroatoms. The van der Waals surface area contributed by atoms with Crippen LogP contribution in [0.5, 0.6) is 0 Å². The van der Waals surface area contributed by atoms with E-state index in [9.17, 15) is 9.59 Å². The van der Waals surface area contributed by atoms with Crippen LogP contribution in [0.15, 0.2) is 12.1 Å². The lowest BCUT2D eigenvalue weighted by Gasteiger charge is -2.34. The Hall–Kier alpha value is -2.11. The minimum Gasteiger partial charge on any atom is -0.481 e. The Morgan fingerprint density at radius 2 is 2.09 bits per heavy atom. The number of hydrogen-bond acceptors (Lipinski definition) is 3. The van der Waals surface area contributed by atoms with Gasteiger partial charge >= 0.3 is 12.0 Å². The van der Waals surface area contributed by atoms with Gasteiger partial charge in [0.15, 0.2) is 0 Å². The van der Waals surface area contributed by atoms with Gasteiger partial charge in [0.25, 0.3) is 0 Å². The third-order valence-corrected chi connectivity index (χ3v) is 4.12. The average Bonchev–Trinajstić information content (AvgIpc) is 2.47. The summed E-state index contributed by atoms with van der Waals surface area (Å²) in [7, 11) is 0. The van der Waals surface area contributed by atoms with Crippen LogP contribution in [0.2, 0.25) is 0 Å². The highest BCUT2D eigenvalue weighted by Crippen LogP contribution is 2.21. The summed E-state index contributed by atoms with van der Waals surface area (Å²) in [5, 5.41) is 12.0. The number of rotatable bonds is 3. The Morgan fingerprint density at radius 1 is 1.36 bits per heavy atom. The zero-order valence-electron chi connectivity index (χ0n) is 13.3. The number of pyridine rings is 1. The van der Waals surface area contributed by atoms with Crippen LogP contribution in [-0.2, 0) is 11.3 Å². The minimum absolute atomic E-state index is 0.195. The molecular weight excluding hydrogens is 282 g/mol. The lowest BCUT2D eigenvalue weighted by atomic mass is 9.91. The van der Waals surface area contributed by atoms with Crippen molar-refractivity contribution < 1.29 is 14.7 Å². The van der Waals surface area contributed by atoms with Crippen molar-refractivity contribution in [1.82, 2.24) is 15.2 Å². The molecule has 1 fully saturated rings. The number of amides is 2. The van der Waals surface area contributed by atoms with E-state index in [2.05, 4.69) is 10.3 Å². The Balaban J connectivity index is 1.93. The van der Waals surface area contributed by atoms with Gasteiger partial charge in [-0.05, 0) is 37.8 Å². The number of carbonyl (C=O) groups excluding carboxylic acids is 1. The van der Waals surface area contributed by atoms with Crippen LogP contribution < -0.4 is 5.32 Å². The number of piperidine rings is 1. The topological polar surface area (TPSA) is 82.5 Å². The van der Waals surface area contributed by atoms with Crippen molar-refractivity contribution in [2.75, 3.05) is 13.1 Å². The molecule has 2 unspecified atom stereocenters. The Labute approximate surface area is 130 Å². The predicted octanol–water partition coefficient (Wildman–Crippen LogP) is 1.95. The van der Waals surface area contributed by atoms with E-state index in [1.54, 1.807) is 4.90 Å². The number of carboxylic acids is 1. The van der Waals surface area contributed by atoms with Gasteiger partial charge in [0.05, 0.1) is 18.2 Å². The van der Waals surface area contributed by atoms with Crippen molar-refractivity contribution in [2.24, 2.45) is 11.8 Å². The van der Waals surface area contributed by atoms with E-state index in [0.717, 1.165) is 17.0 Å². The fourth-order valence-corrected chi connectivity index (χ4v) is 2.76. The summed E-state index contributed by atoms with van der Waals surface area (Å²) in [4.78, 5) is 29.4. The number of nitrogens with zero attached hydrogens (tertiary/aromatic N) is 2. The quantitative estimate of drug-likeness (QED) is 0.894. The first-order valence-electron chi connectivity index (χ1n) is 7.55. The highest BCUT2D eigenvalue weighted by molar-refractivity contribution is 5.76. The monoisotopic (exact) mass is 305 g/mol. The maximum absolute atomic E-state index is 12.2. The van der Waals surface area contributed by atoms with E-state index < -0.39 is 11.9 Å². The molecule has 0 spiro atoms. The Morgan fingerprint density at radius 3 is 2.73 bits per heavy atom. The van der Waals surface area contributed by atoms with E-state index in [0.29, 0.717) is 19.5 Å². The van der Waals surface area contributed by atoms with Gasteiger partial charge in [0.2, 0.25) is 0 Å². The van der Waals surface area contributed by atoms with Crippen molar-refractivity contribution in [3.05, 3.63) is 29.1 Å². The molecule has 0 aliphatic carbocycles. The van der Waals surface area contributed by atoms with E-state index in [4.69, 9.17) is 5.11 Å². The second kappa shape index (κ2) is 6.77. The Bertz CT molecular complexity index is 574. The van der Waals surface area contributed by atoms with E-state index in [-0.39, 0.29) is 18.5 Å². The molecule has 2 rings (SSSR count). The number of aryl methyl sites for hydroxylation is 2. The molecule has 1 aromatic heterocycles. The number of likely N-dealkylation sites (tertiary alicyclic amines) is 1. The number of aliphatic carboxylic acids is 1. The van der Waals surface area contributed by atoms with Crippen molar-refractivity contribution in [3.63, 3.8) is 0 Å². The van der Waals surface area contributed by atoms with Crippen LogP contribution in [0, 0.1) is 25.7 Å². The van der Waals surface area contributed by atoms with E-state index in [1.807, 2.05) is 32.9 Å². The van der Waals surface area contributed by atoms with Gasteiger partial charge in [0.1, 0.15) is 0 Å². The van der Waals surface area contributed by atoms with Crippen LogP contribution in [0.25, 0.3) is 0 Å². The first-order chi connectivity index (χ1) is 10.4. The summed E-state index contributed by atoms with van der Waals surface area (Å²) in [6, 6.07) is 3.65. The molecule has 1 aliphatic rings. The van der Waals surface area contributed by atoms with Gasteiger partial charge in [-0.2, -0.15) is 0 Å². The highest BCUT2D eigenvalue weighted by atomic mass is 16.4. The van der Waals surface area contributed by atoms with Crippen LogP contribution in [0.3, 0.4) is 0 Å². The van der Waals surface area contributed by atoms with Crippen molar-refractivity contribution in [1.29, 1.82) is 0 Å². The first kappa shape index (κ1) is 16.3. The summed E-state index contributed by atoms with van der Waals surface area (Å²) >= 11 is 0. The van der Waals surface area contributed by atoms with Gasteiger partial charge in [0, 0.05) is 18.8 Å². The molecule has 1 aromatic rings. The third-order valence-electron chi connectivity index (χ3n) is 4.12. The number of urea groups is 1. The van der Waals surface area contributed by atoms with Crippen LogP contribution in [0.4, 0.5) is 4.79 Å². The van der Waals surface area contributed by atoms with Crippen molar-refractivity contribution >= 4 is 12.0 Å². The molecule has 2 amide bonds. The molecule has 22 heavy (non-hydrogen) atoms. The molecule has 1 saturated heterocycles. The number of nitrogens with one attached hydrogen (secondary N) is 1. The summed E-state index contributed by atoms with van der Waals surface area (Å²) in [6.07, 6.45) is 0.623. The van der Waals surface area contributed by atoms with Crippen molar-refractivity contribution in [3.8, 4) is 0 Å². The summed E-state index contributed by atoms with van der Waals surface area (Å²) in [6.45, 7) is 7.11. The molecular formula is C16H23N3O3. The number of carboxylic acid groups (broad SMARTS) is 1. The predicted molar refractivity (Wildman–Crippen MR) is 82.4 cm³/mol. The third kappa shape index (κ3) is 3.96. The standard InChI is InChI=1S/C16H23N3O3/c1-10-6-13(15(20)21)9-19(8-10)16(22)17-7-14-5-4-11(2)12(3)18-14/h4-5,10,13H,6-9H2,1-3H3,(H,17,22)(H,20,21). The molecule has 0 radical (unpaired) electrons. The number of hydrogen-bond donors (Lipinski definition) is 2. The molecule has 0 saturated carbocycles. The van der Waals surface area contributed by atoms with E-state index >= 15 is 0 Å². The van der Waals surface area contributed by atoms with Gasteiger partial charge in [-0.1, -0.05) is 13.0 Å². The second-order valence-electron chi connectivity index (χ2n) is 6.14. The van der Waals surface area contributed by atoms with Crippen LogP contribution in [-0.4, -0.2) is 40.1 Å². The fraction of sp³-hybridized carbons (Fsp3) is 0.562. The summed E-state index contributed by atoms with van der Waals surface area (Å²) in [5.41, 5.74) is 2.87. The average molecular weight is 305 g/mol. The maximum atomic E-state index is 12.2. The fourth-order valence-electron chi connectivity index (χ4n) is 2.76. The van der Waals surface area contributed by atoms with Gasteiger partial charge < -0.3 is 15.3 Å². The molecule has 120 valence electrons. The van der Waals surface area contributed by atoms with Crippen LogP contribution >= 0.6 is 0 Å². The molecule has 2 atom stereocenters. The molecule has 2 N–H and O–H groups in total.